The summed E-state index contributed by atoms with van der Waals surface area (Å²) in [6.45, 7) is 2.02. The van der Waals surface area contributed by atoms with E-state index in [2.05, 4.69) is 10.4 Å². The summed E-state index contributed by atoms with van der Waals surface area (Å²) < 4.78 is 13.7. The van der Waals surface area contributed by atoms with E-state index in [1.54, 1.807) is 10.8 Å². The second-order valence-electron chi connectivity index (χ2n) is 6.48. The van der Waals surface area contributed by atoms with Gasteiger partial charge in [0.2, 0.25) is 5.91 Å². The van der Waals surface area contributed by atoms with E-state index < -0.39 is 10.8 Å². The van der Waals surface area contributed by atoms with E-state index in [0.717, 1.165) is 28.1 Å². The summed E-state index contributed by atoms with van der Waals surface area (Å²) in [5.74, 6) is 1.20. The van der Waals surface area contributed by atoms with Crippen molar-refractivity contribution in [2.45, 2.75) is 18.4 Å². The summed E-state index contributed by atoms with van der Waals surface area (Å²) in [4.78, 5) is 12.5. The van der Waals surface area contributed by atoms with Crippen LogP contribution < -0.4 is 5.32 Å². The first-order valence-electron chi connectivity index (χ1n) is 8.67. The number of anilines is 1. The number of rotatable bonds is 4. The van der Waals surface area contributed by atoms with E-state index in [4.69, 9.17) is 0 Å². The molecule has 6 heteroatoms. The van der Waals surface area contributed by atoms with E-state index in [9.17, 15) is 9.00 Å². The third-order valence-corrected chi connectivity index (χ3v) is 5.62. The molecule has 1 atom stereocenters. The highest BCUT2D eigenvalue weighted by atomic mass is 32.2. The molecule has 27 heavy (non-hydrogen) atoms. The fourth-order valence-corrected chi connectivity index (χ4v) is 4.29. The largest absolute Gasteiger partial charge is 0.307 e. The van der Waals surface area contributed by atoms with Crippen molar-refractivity contribution in [2.75, 3.05) is 5.32 Å². The summed E-state index contributed by atoms with van der Waals surface area (Å²) in [5, 5.41) is 7.53. The molecule has 1 N–H and O–H groups in total. The summed E-state index contributed by atoms with van der Waals surface area (Å²) in [6.07, 6.45) is 3.26. The summed E-state index contributed by atoms with van der Waals surface area (Å²) in [6, 6.07) is 17.6. The highest BCUT2D eigenvalue weighted by molar-refractivity contribution is 7.83. The molecule has 1 aromatic heterocycles. The second kappa shape index (κ2) is 7.32. The Bertz CT molecular complexity index is 1040. The molecule has 0 spiro atoms. The molecule has 0 saturated heterocycles. The lowest BCUT2D eigenvalue weighted by molar-refractivity contribution is -0.111. The van der Waals surface area contributed by atoms with Gasteiger partial charge >= 0.3 is 0 Å². The molecule has 136 valence electrons. The summed E-state index contributed by atoms with van der Waals surface area (Å²) in [7, 11) is -0.960. The van der Waals surface area contributed by atoms with Crippen LogP contribution in [0.4, 0.5) is 5.82 Å². The smallest absolute Gasteiger partial charge is 0.249 e. The van der Waals surface area contributed by atoms with Gasteiger partial charge in [0.05, 0.1) is 22.9 Å². The van der Waals surface area contributed by atoms with E-state index in [0.29, 0.717) is 17.3 Å². The number of benzene rings is 2. The van der Waals surface area contributed by atoms with E-state index >= 15 is 0 Å². The molecule has 2 aromatic carbocycles. The van der Waals surface area contributed by atoms with Crippen LogP contribution in [-0.2, 0) is 27.1 Å². The third kappa shape index (κ3) is 3.75. The summed E-state index contributed by atoms with van der Waals surface area (Å²) in [5.41, 5.74) is 4.61. The maximum Gasteiger partial charge on any atom is 0.249 e. The van der Waals surface area contributed by atoms with Gasteiger partial charge in [0.25, 0.3) is 0 Å². The zero-order chi connectivity index (χ0) is 18.8. The molecule has 0 saturated carbocycles. The molecule has 1 unspecified atom stereocenters. The molecule has 1 amide bonds. The Balaban J connectivity index is 1.65. The van der Waals surface area contributed by atoms with E-state index in [-0.39, 0.29) is 5.91 Å². The maximum absolute atomic E-state index is 12.5. The van der Waals surface area contributed by atoms with Crippen molar-refractivity contribution in [1.82, 2.24) is 9.78 Å². The molecule has 5 nitrogen and oxygen atoms in total. The molecule has 3 aromatic rings. The predicted octanol–water partition coefficient (Wildman–Crippen LogP) is 3.59. The van der Waals surface area contributed by atoms with Crippen molar-refractivity contribution < 1.29 is 9.00 Å². The number of nitrogens with one attached hydrogen (secondary N) is 1. The fraction of sp³-hybridized carbons (Fsp3) is 0.143. The monoisotopic (exact) mass is 377 g/mol. The van der Waals surface area contributed by atoms with Crippen LogP contribution in [0.2, 0.25) is 0 Å². The topological polar surface area (TPSA) is 64.0 Å². The maximum atomic E-state index is 12.5. The van der Waals surface area contributed by atoms with Crippen molar-refractivity contribution >= 4 is 28.6 Å². The van der Waals surface area contributed by atoms with Gasteiger partial charge in [-0.15, -0.1) is 0 Å². The highest BCUT2D eigenvalue weighted by Crippen LogP contribution is 2.31. The Morgan fingerprint density at radius 1 is 1.11 bits per heavy atom. The minimum atomic E-state index is -0.960. The standard InChI is InChI=1S/C21H19N3O2S/c1-15-7-10-17(11-8-15)24-21(18-13-27(26)14-19(18)23-24)22-20(25)12-9-16-5-3-2-4-6-16/h2-12H,13-14H2,1H3,(H,22,25). The number of hydrogen-bond acceptors (Lipinski definition) is 3. The first kappa shape index (κ1) is 17.4. The number of aromatic nitrogens is 2. The molecule has 1 aliphatic rings. The minimum Gasteiger partial charge on any atom is -0.307 e. The average molecular weight is 377 g/mol. The number of aryl methyl sites for hydroxylation is 1. The Hall–Kier alpha value is -2.99. The van der Waals surface area contributed by atoms with Crippen LogP contribution in [0.3, 0.4) is 0 Å². The van der Waals surface area contributed by atoms with Gasteiger partial charge in [0, 0.05) is 22.4 Å². The molecule has 0 fully saturated rings. The Morgan fingerprint density at radius 2 is 1.85 bits per heavy atom. The number of hydrogen-bond donors (Lipinski definition) is 1. The lowest BCUT2D eigenvalue weighted by Gasteiger charge is -2.10. The number of carbonyl (C=O) groups excluding carboxylic acids is 1. The number of carbonyl (C=O) groups is 1. The average Bonchev–Trinajstić information content (AvgIpc) is 3.19. The van der Waals surface area contributed by atoms with Crippen molar-refractivity contribution in [2.24, 2.45) is 0 Å². The van der Waals surface area contributed by atoms with Gasteiger partial charge in [0.1, 0.15) is 5.82 Å². The van der Waals surface area contributed by atoms with Crippen LogP contribution in [0.15, 0.2) is 60.7 Å². The Kier molecular flexibility index (Phi) is 4.73. The number of nitrogens with zero attached hydrogens (tertiary/aromatic N) is 2. The van der Waals surface area contributed by atoms with Crippen LogP contribution >= 0.6 is 0 Å². The summed E-state index contributed by atoms with van der Waals surface area (Å²) >= 11 is 0. The lowest BCUT2D eigenvalue weighted by atomic mass is 10.2. The van der Waals surface area contributed by atoms with Crippen molar-refractivity contribution in [3.8, 4) is 5.69 Å². The van der Waals surface area contributed by atoms with Gasteiger partial charge in [-0.05, 0) is 30.7 Å². The molecule has 0 radical (unpaired) electrons. The second-order valence-corrected chi connectivity index (χ2v) is 7.94. The van der Waals surface area contributed by atoms with Gasteiger partial charge in [0.15, 0.2) is 0 Å². The van der Waals surface area contributed by atoms with Gasteiger partial charge in [-0.2, -0.15) is 5.10 Å². The SMILES string of the molecule is Cc1ccc(-n2nc3c(c2NC(=O)C=Cc2ccccc2)CS(=O)C3)cc1. The van der Waals surface area contributed by atoms with Crippen LogP contribution in [0.1, 0.15) is 22.4 Å². The van der Waals surface area contributed by atoms with Crippen molar-refractivity contribution in [3.63, 3.8) is 0 Å². The molecular formula is C21H19N3O2S. The first-order valence-corrected chi connectivity index (χ1v) is 10.2. The van der Waals surface area contributed by atoms with Gasteiger partial charge in [-0.25, -0.2) is 4.68 Å². The van der Waals surface area contributed by atoms with Gasteiger partial charge < -0.3 is 5.32 Å². The van der Waals surface area contributed by atoms with Crippen LogP contribution in [-0.4, -0.2) is 19.9 Å². The fourth-order valence-electron chi connectivity index (χ4n) is 3.02. The highest BCUT2D eigenvalue weighted by Gasteiger charge is 2.28. The van der Waals surface area contributed by atoms with Crippen molar-refractivity contribution in [1.29, 1.82) is 0 Å². The molecule has 0 aliphatic carbocycles. The first-order chi connectivity index (χ1) is 13.1. The van der Waals surface area contributed by atoms with E-state index in [1.165, 1.54) is 6.08 Å². The quantitative estimate of drug-likeness (QED) is 0.707. The molecule has 2 heterocycles. The zero-order valence-corrected chi connectivity index (χ0v) is 15.7. The molecular weight excluding hydrogens is 358 g/mol. The molecule has 4 rings (SSSR count). The lowest BCUT2D eigenvalue weighted by Crippen LogP contribution is -2.14. The van der Waals surface area contributed by atoms with Gasteiger partial charge in [-0.3, -0.25) is 9.00 Å². The molecule has 1 aliphatic heterocycles. The number of fused-ring (bicyclic) bond motifs is 1. The number of amides is 1. The van der Waals surface area contributed by atoms with Crippen molar-refractivity contribution in [3.05, 3.63) is 83.1 Å². The Labute approximate surface area is 160 Å². The third-order valence-electron chi connectivity index (χ3n) is 4.42. The van der Waals surface area contributed by atoms with Gasteiger partial charge in [-0.1, -0.05) is 48.0 Å². The predicted molar refractivity (Wildman–Crippen MR) is 108 cm³/mol. The zero-order valence-electron chi connectivity index (χ0n) is 14.9. The van der Waals surface area contributed by atoms with E-state index in [1.807, 2.05) is 61.5 Å². The van der Waals surface area contributed by atoms with Crippen LogP contribution in [0.5, 0.6) is 0 Å². The minimum absolute atomic E-state index is 0.243. The Morgan fingerprint density at radius 3 is 2.59 bits per heavy atom. The molecule has 0 bridgehead atoms. The van der Waals surface area contributed by atoms with Crippen LogP contribution in [0.25, 0.3) is 11.8 Å². The normalized spacial score (nSPS) is 15.8. The van der Waals surface area contributed by atoms with Crippen LogP contribution in [0, 0.1) is 6.92 Å².